The van der Waals surface area contributed by atoms with Gasteiger partial charge < -0.3 is 13.6 Å². The fraction of sp³-hybridized carbons (Fsp3) is 0.810. The summed E-state index contributed by atoms with van der Waals surface area (Å²) in [6.07, 6.45) is -3.24. The fourth-order valence-corrected chi connectivity index (χ4v) is 5.91. The van der Waals surface area contributed by atoms with Crippen molar-refractivity contribution in [3.63, 3.8) is 0 Å². The van der Waals surface area contributed by atoms with Crippen molar-refractivity contribution in [2.75, 3.05) is 6.61 Å². The maximum absolute atomic E-state index is 12.6. The number of aromatic nitrogens is 2. The third kappa shape index (κ3) is 7.22. The lowest BCUT2D eigenvalue weighted by Crippen LogP contribution is -2.51. The Morgan fingerprint density at radius 3 is 2.03 bits per heavy atom. The molecule has 0 bridgehead atoms. The minimum Gasteiger partial charge on any atom is -0.414 e. The molecule has 14 heteroatoms. The Balaban J connectivity index is 2.58. The second-order valence-electron chi connectivity index (χ2n) is 12.0. The van der Waals surface area contributed by atoms with Crippen LogP contribution in [-0.4, -0.2) is 64.1 Å². The smallest absolute Gasteiger partial charge is 0.397 e. The summed E-state index contributed by atoms with van der Waals surface area (Å²) in [4.78, 5) is 26.4. The van der Waals surface area contributed by atoms with Crippen molar-refractivity contribution in [2.45, 2.75) is 102 Å². The standard InChI is InChI=1S/C21H40N2O9SSi2/c1-20(2,3)34(7,8)29-13-14-16(31-33(26,27)28)17(32-35(9,10)21(4,5)6)18(30-14)23-12-11-15(24)22-19(23)25/h11-12,14,16-18H,13H2,1-10H3,(H,22,24,25)(H,26,27,28)/t14-,16-,17-,18-/m1/s1. The van der Waals surface area contributed by atoms with E-state index in [9.17, 15) is 22.6 Å². The van der Waals surface area contributed by atoms with E-state index in [0.29, 0.717) is 0 Å². The van der Waals surface area contributed by atoms with Gasteiger partial charge in [0.2, 0.25) is 0 Å². The minimum absolute atomic E-state index is 0.0390. The summed E-state index contributed by atoms with van der Waals surface area (Å²) >= 11 is 0. The van der Waals surface area contributed by atoms with Crippen LogP contribution in [0.5, 0.6) is 0 Å². The summed E-state index contributed by atoms with van der Waals surface area (Å²) < 4.78 is 58.4. The van der Waals surface area contributed by atoms with Gasteiger partial charge in [0.05, 0.1) is 6.61 Å². The minimum atomic E-state index is -4.90. The molecule has 1 saturated heterocycles. The third-order valence-electron chi connectivity index (χ3n) is 7.30. The number of H-pyrrole nitrogens is 1. The van der Waals surface area contributed by atoms with Gasteiger partial charge in [0.1, 0.15) is 18.3 Å². The fourth-order valence-electron chi connectivity index (χ4n) is 3.10. The van der Waals surface area contributed by atoms with E-state index >= 15 is 0 Å². The highest BCUT2D eigenvalue weighted by atomic mass is 32.3. The highest BCUT2D eigenvalue weighted by Crippen LogP contribution is 2.43. The van der Waals surface area contributed by atoms with Gasteiger partial charge in [0.15, 0.2) is 22.9 Å². The number of ether oxygens (including phenoxy) is 1. The molecule has 1 aromatic heterocycles. The van der Waals surface area contributed by atoms with Crippen LogP contribution in [0, 0.1) is 0 Å². The Bertz CT molecular complexity index is 1120. The Morgan fingerprint density at radius 1 is 1.03 bits per heavy atom. The number of nitrogens with one attached hydrogen (secondary N) is 1. The molecule has 4 atom stereocenters. The first kappa shape index (κ1) is 30.1. The number of nitrogens with zero attached hydrogens (tertiary/aromatic N) is 1. The zero-order valence-corrected chi connectivity index (χ0v) is 25.1. The molecule has 1 aliphatic heterocycles. The molecule has 1 aliphatic rings. The van der Waals surface area contributed by atoms with E-state index in [1.54, 1.807) is 0 Å². The van der Waals surface area contributed by atoms with Crippen LogP contribution in [0.25, 0.3) is 0 Å². The van der Waals surface area contributed by atoms with E-state index in [2.05, 4.69) is 25.8 Å². The van der Waals surface area contributed by atoms with Gasteiger partial charge in [0.25, 0.3) is 5.56 Å². The van der Waals surface area contributed by atoms with Crippen LogP contribution < -0.4 is 11.2 Å². The summed E-state index contributed by atoms with van der Waals surface area (Å²) in [5.41, 5.74) is -1.34. The third-order valence-corrected chi connectivity index (χ3v) is 16.7. The molecule has 11 nitrogen and oxygen atoms in total. The lowest BCUT2D eigenvalue weighted by molar-refractivity contribution is -0.0507. The van der Waals surface area contributed by atoms with Crippen LogP contribution in [0.3, 0.4) is 0 Å². The topological polar surface area (TPSA) is 146 Å². The van der Waals surface area contributed by atoms with Crippen LogP contribution in [0.15, 0.2) is 21.9 Å². The predicted molar refractivity (Wildman–Crippen MR) is 137 cm³/mol. The van der Waals surface area contributed by atoms with Gasteiger partial charge in [-0.15, -0.1) is 0 Å². The Kier molecular flexibility index (Phi) is 8.57. The number of hydrogen-bond acceptors (Lipinski definition) is 8. The molecule has 0 saturated carbocycles. The van der Waals surface area contributed by atoms with Gasteiger partial charge in [-0.25, -0.2) is 8.98 Å². The Hall–Kier alpha value is -1.14. The summed E-state index contributed by atoms with van der Waals surface area (Å²) in [7, 11) is -9.74. The maximum Gasteiger partial charge on any atom is 0.397 e. The van der Waals surface area contributed by atoms with Crippen LogP contribution in [0.4, 0.5) is 0 Å². The van der Waals surface area contributed by atoms with E-state index in [0.717, 1.165) is 10.6 Å². The van der Waals surface area contributed by atoms with Crippen LogP contribution in [-0.2, 0) is 28.2 Å². The molecule has 35 heavy (non-hydrogen) atoms. The zero-order valence-electron chi connectivity index (χ0n) is 22.2. The van der Waals surface area contributed by atoms with Crippen molar-refractivity contribution < 1.29 is 30.7 Å². The average molecular weight is 553 g/mol. The van der Waals surface area contributed by atoms with Gasteiger partial charge in [-0.1, -0.05) is 41.5 Å². The molecule has 2 N–H and O–H groups in total. The average Bonchev–Trinajstić information content (AvgIpc) is 2.93. The molecule has 0 unspecified atom stereocenters. The van der Waals surface area contributed by atoms with E-state index in [1.165, 1.54) is 6.20 Å². The SMILES string of the molecule is CC(C)(C)[Si](C)(C)OC[C@H]1O[C@@H](n2ccc(=O)[nH]c2=O)[C@H](O[Si](C)(C)C(C)(C)C)[C@@H]1OS(=O)(=O)O. The molecule has 2 heterocycles. The molecule has 202 valence electrons. The first-order valence-corrected chi connectivity index (χ1v) is 18.7. The first-order valence-electron chi connectivity index (χ1n) is 11.5. The lowest BCUT2D eigenvalue weighted by atomic mass is 10.1. The van der Waals surface area contributed by atoms with E-state index < -0.39 is 62.8 Å². The monoisotopic (exact) mass is 552 g/mol. The molecule has 0 spiro atoms. The molecular formula is C21H40N2O9SSi2. The number of hydrogen-bond donors (Lipinski definition) is 2. The zero-order chi connectivity index (χ0) is 27.2. The van der Waals surface area contributed by atoms with Crippen molar-refractivity contribution in [3.05, 3.63) is 33.1 Å². The second kappa shape index (κ2) is 9.97. The van der Waals surface area contributed by atoms with Crippen molar-refractivity contribution in [1.82, 2.24) is 9.55 Å². The second-order valence-corrected chi connectivity index (χ2v) is 22.6. The van der Waals surface area contributed by atoms with Gasteiger partial charge in [0, 0.05) is 12.3 Å². The highest BCUT2D eigenvalue weighted by molar-refractivity contribution is 7.80. The molecule has 0 amide bonds. The summed E-state index contributed by atoms with van der Waals surface area (Å²) in [5, 5.41) is -0.400. The van der Waals surface area contributed by atoms with Gasteiger partial charge in [-0.2, -0.15) is 8.42 Å². The molecule has 0 radical (unpaired) electrons. The Morgan fingerprint density at radius 2 is 1.57 bits per heavy atom. The molecule has 2 rings (SSSR count). The molecule has 0 aliphatic carbocycles. The normalized spacial score (nSPS) is 24.7. The molecule has 0 aromatic carbocycles. The van der Waals surface area contributed by atoms with Crippen LogP contribution >= 0.6 is 0 Å². The lowest BCUT2D eigenvalue weighted by Gasteiger charge is -2.40. The largest absolute Gasteiger partial charge is 0.414 e. The summed E-state index contributed by atoms with van der Waals surface area (Å²) in [6.45, 7) is 20.2. The Labute approximate surface area is 209 Å². The molecular weight excluding hydrogens is 512 g/mol. The number of aromatic amines is 1. The molecule has 1 fully saturated rings. The summed E-state index contributed by atoms with van der Waals surface area (Å²) in [6, 6.07) is 1.16. The number of rotatable bonds is 8. The van der Waals surface area contributed by atoms with Gasteiger partial charge >= 0.3 is 16.1 Å². The van der Waals surface area contributed by atoms with Crippen LogP contribution in [0.2, 0.25) is 36.3 Å². The van der Waals surface area contributed by atoms with Crippen molar-refractivity contribution in [2.24, 2.45) is 0 Å². The highest BCUT2D eigenvalue weighted by Gasteiger charge is 2.54. The van der Waals surface area contributed by atoms with Crippen molar-refractivity contribution in [3.8, 4) is 0 Å². The van der Waals surface area contributed by atoms with E-state index in [-0.39, 0.29) is 16.7 Å². The van der Waals surface area contributed by atoms with Gasteiger partial charge in [-0.05, 0) is 36.3 Å². The van der Waals surface area contributed by atoms with E-state index in [1.807, 2.05) is 47.0 Å². The quantitative estimate of drug-likeness (QED) is 0.367. The van der Waals surface area contributed by atoms with Crippen molar-refractivity contribution >= 4 is 27.0 Å². The van der Waals surface area contributed by atoms with Gasteiger partial charge in [-0.3, -0.25) is 18.9 Å². The predicted octanol–water partition coefficient (Wildman–Crippen LogP) is 3.03. The summed E-state index contributed by atoms with van der Waals surface area (Å²) in [5.74, 6) is 0. The van der Waals surface area contributed by atoms with E-state index in [4.69, 9.17) is 17.8 Å². The maximum atomic E-state index is 12.6. The molecule has 1 aromatic rings. The van der Waals surface area contributed by atoms with Crippen molar-refractivity contribution in [1.29, 1.82) is 0 Å². The van der Waals surface area contributed by atoms with Crippen LogP contribution in [0.1, 0.15) is 47.8 Å². The first-order chi connectivity index (χ1) is 15.6.